The van der Waals surface area contributed by atoms with Gasteiger partial charge in [0.25, 0.3) is 0 Å². The first-order valence-corrected chi connectivity index (χ1v) is 13.6. The Kier molecular flexibility index (Phi) is 7.44. The molecule has 3 aliphatic rings. The summed E-state index contributed by atoms with van der Waals surface area (Å²) >= 11 is 0. The molecule has 39 heavy (non-hydrogen) atoms. The monoisotopic (exact) mass is 539 g/mol. The van der Waals surface area contributed by atoms with Crippen molar-refractivity contribution in [3.05, 3.63) is 70.7 Å². The van der Waals surface area contributed by atoms with E-state index < -0.39 is 17.7 Å². The third-order valence-corrected chi connectivity index (χ3v) is 8.21. The number of allylic oxidation sites excluding steroid dienone is 8. The summed E-state index contributed by atoms with van der Waals surface area (Å²) in [6.45, 7) is 6.63. The Morgan fingerprint density at radius 2 is 1.97 bits per heavy atom. The normalized spacial score (nSPS) is 23.1. The van der Waals surface area contributed by atoms with Gasteiger partial charge in [-0.3, -0.25) is 0 Å². The fraction of sp³-hybridized carbons (Fsp3) is 0.500. The van der Waals surface area contributed by atoms with Crippen LogP contribution in [-0.4, -0.2) is 33.0 Å². The number of halogens is 3. The number of alkyl halides is 3. The van der Waals surface area contributed by atoms with Crippen LogP contribution in [-0.2, 0) is 13.0 Å². The highest BCUT2D eigenvalue weighted by Gasteiger charge is 2.44. The summed E-state index contributed by atoms with van der Waals surface area (Å²) in [6, 6.07) is 3.86. The first-order chi connectivity index (χ1) is 18.5. The smallest absolute Gasteiger partial charge is 0.412 e. The van der Waals surface area contributed by atoms with Gasteiger partial charge < -0.3 is 10.5 Å². The van der Waals surface area contributed by atoms with Gasteiger partial charge in [-0.05, 0) is 63.4 Å². The van der Waals surface area contributed by atoms with Crippen molar-refractivity contribution in [2.75, 3.05) is 7.11 Å². The van der Waals surface area contributed by atoms with Gasteiger partial charge >= 0.3 is 6.18 Å². The highest BCUT2D eigenvalue weighted by Crippen LogP contribution is 2.47. The number of hydrogen-bond donors (Lipinski definition) is 1. The van der Waals surface area contributed by atoms with E-state index in [0.717, 1.165) is 29.7 Å². The van der Waals surface area contributed by atoms with Gasteiger partial charge in [0.1, 0.15) is 11.5 Å². The average molecular weight is 540 g/mol. The lowest BCUT2D eigenvalue weighted by Crippen LogP contribution is -2.30. The Balaban J connectivity index is 1.43. The SMILES string of the molecule is COc1nc(-c2nc3n(n2)CCC[C@H]3C2CC(C)=CC=C2C(F)(F)F)ccc1CC(/C=C(/C)N)[C@@H](C)C1C=C1. The van der Waals surface area contributed by atoms with Gasteiger partial charge in [-0.15, -0.1) is 5.10 Å². The van der Waals surface area contributed by atoms with Crippen LogP contribution in [0.4, 0.5) is 13.2 Å². The predicted molar refractivity (Wildman–Crippen MR) is 145 cm³/mol. The van der Waals surface area contributed by atoms with Crippen LogP contribution in [0.5, 0.6) is 5.88 Å². The summed E-state index contributed by atoms with van der Waals surface area (Å²) in [4.78, 5) is 9.50. The Labute approximate surface area is 227 Å². The number of ether oxygens (including phenoxy) is 1. The first-order valence-electron chi connectivity index (χ1n) is 13.6. The van der Waals surface area contributed by atoms with Crippen molar-refractivity contribution in [2.24, 2.45) is 29.4 Å². The Hall–Kier alpha value is -3.36. The molecule has 0 radical (unpaired) electrons. The zero-order valence-corrected chi connectivity index (χ0v) is 22.9. The van der Waals surface area contributed by atoms with E-state index in [9.17, 15) is 13.2 Å². The number of pyridine rings is 1. The van der Waals surface area contributed by atoms with Crippen molar-refractivity contribution >= 4 is 0 Å². The quantitative estimate of drug-likeness (QED) is 0.386. The summed E-state index contributed by atoms with van der Waals surface area (Å²) in [6.07, 6.45) is 7.43. The molecule has 2 aromatic rings. The van der Waals surface area contributed by atoms with Gasteiger partial charge in [0.05, 0.1) is 7.11 Å². The van der Waals surface area contributed by atoms with Gasteiger partial charge in [-0.25, -0.2) is 14.6 Å². The molecular weight excluding hydrogens is 503 g/mol. The van der Waals surface area contributed by atoms with E-state index in [0.29, 0.717) is 54.4 Å². The molecule has 6 nitrogen and oxygen atoms in total. The Morgan fingerprint density at radius 3 is 2.64 bits per heavy atom. The number of aryl methyl sites for hydroxylation is 1. The molecule has 1 aliphatic heterocycles. The maximum atomic E-state index is 13.9. The molecule has 0 aromatic carbocycles. The molecule has 2 aromatic heterocycles. The minimum absolute atomic E-state index is 0.222. The molecule has 2 N–H and O–H groups in total. The molecule has 208 valence electrons. The molecule has 0 saturated carbocycles. The Morgan fingerprint density at radius 1 is 1.21 bits per heavy atom. The van der Waals surface area contributed by atoms with Gasteiger partial charge in [0.15, 0.2) is 5.82 Å². The molecule has 2 aliphatic carbocycles. The number of rotatable bonds is 8. The fourth-order valence-corrected chi connectivity index (χ4v) is 6.03. The summed E-state index contributed by atoms with van der Waals surface area (Å²) < 4.78 is 49.2. The van der Waals surface area contributed by atoms with Crippen LogP contribution in [0.25, 0.3) is 11.5 Å². The van der Waals surface area contributed by atoms with Crippen molar-refractivity contribution < 1.29 is 17.9 Å². The van der Waals surface area contributed by atoms with E-state index in [1.165, 1.54) is 6.08 Å². The van der Waals surface area contributed by atoms with E-state index in [1.54, 1.807) is 17.9 Å². The molecular formula is C30H36F3N5O. The molecule has 0 bridgehead atoms. The number of nitrogens with zero attached hydrogens (tertiary/aromatic N) is 4. The molecule has 2 unspecified atom stereocenters. The number of aromatic nitrogens is 4. The molecule has 0 saturated heterocycles. The van der Waals surface area contributed by atoms with Crippen LogP contribution < -0.4 is 10.5 Å². The van der Waals surface area contributed by atoms with Crippen molar-refractivity contribution in [1.29, 1.82) is 0 Å². The summed E-state index contributed by atoms with van der Waals surface area (Å²) in [7, 11) is 1.59. The molecule has 3 heterocycles. The van der Waals surface area contributed by atoms with Crippen LogP contribution in [0.15, 0.2) is 59.4 Å². The zero-order chi connectivity index (χ0) is 27.9. The van der Waals surface area contributed by atoms with E-state index in [4.69, 9.17) is 20.4 Å². The maximum absolute atomic E-state index is 13.9. The van der Waals surface area contributed by atoms with Gasteiger partial charge in [0.2, 0.25) is 5.88 Å². The van der Waals surface area contributed by atoms with Gasteiger partial charge in [0, 0.05) is 35.2 Å². The maximum Gasteiger partial charge on any atom is 0.412 e. The number of fused-ring (bicyclic) bond motifs is 1. The second-order valence-corrected chi connectivity index (χ2v) is 11.2. The number of methoxy groups -OCH3 is 1. The third-order valence-electron chi connectivity index (χ3n) is 8.21. The standard InChI is InChI=1S/C30H36F3N5O/c1-17-7-11-25(30(31,32)33)24(14-17)23-6-5-13-38-28(23)36-27(37-38)26-12-10-21(29(35-26)39-4)16-22(15-18(2)34)19(3)20-8-9-20/h7-12,15,19-20,22-24H,5-6,13-14,16,34H2,1-4H3/b18-15-/t19-,22?,23-,24?/m0/s1. The van der Waals surface area contributed by atoms with Crippen LogP contribution >= 0.6 is 0 Å². The lowest BCUT2D eigenvalue weighted by molar-refractivity contribution is -0.101. The summed E-state index contributed by atoms with van der Waals surface area (Å²) in [5.74, 6) is 1.58. The topological polar surface area (TPSA) is 78.9 Å². The molecule has 0 spiro atoms. The molecule has 0 amide bonds. The minimum Gasteiger partial charge on any atom is -0.481 e. The second kappa shape index (κ2) is 10.7. The van der Waals surface area contributed by atoms with Crippen LogP contribution in [0.2, 0.25) is 0 Å². The summed E-state index contributed by atoms with van der Waals surface area (Å²) in [5.41, 5.74) is 8.78. The highest BCUT2D eigenvalue weighted by atomic mass is 19.4. The van der Waals surface area contributed by atoms with Crippen LogP contribution in [0, 0.1) is 23.7 Å². The molecule has 4 atom stereocenters. The van der Waals surface area contributed by atoms with E-state index >= 15 is 0 Å². The molecule has 5 rings (SSSR count). The largest absolute Gasteiger partial charge is 0.481 e. The second-order valence-electron chi connectivity index (χ2n) is 11.2. The van der Waals surface area contributed by atoms with Crippen LogP contribution in [0.3, 0.4) is 0 Å². The average Bonchev–Trinajstić information content (AvgIpc) is 3.64. The van der Waals surface area contributed by atoms with Crippen molar-refractivity contribution in [1.82, 2.24) is 19.7 Å². The lowest BCUT2D eigenvalue weighted by atomic mass is 9.75. The lowest BCUT2D eigenvalue weighted by Gasteiger charge is -2.34. The third kappa shape index (κ3) is 5.82. The van der Waals surface area contributed by atoms with E-state index in [-0.39, 0.29) is 11.8 Å². The van der Waals surface area contributed by atoms with Crippen molar-refractivity contribution in [3.63, 3.8) is 0 Å². The van der Waals surface area contributed by atoms with Gasteiger partial charge in [-0.2, -0.15) is 13.2 Å². The van der Waals surface area contributed by atoms with Crippen molar-refractivity contribution in [2.45, 2.75) is 65.1 Å². The molecule has 9 heteroatoms. The Bertz CT molecular complexity index is 1340. The van der Waals surface area contributed by atoms with E-state index in [2.05, 4.69) is 30.3 Å². The number of hydrogen-bond acceptors (Lipinski definition) is 5. The molecule has 0 fully saturated rings. The zero-order valence-electron chi connectivity index (χ0n) is 22.9. The van der Waals surface area contributed by atoms with E-state index in [1.807, 2.05) is 26.0 Å². The minimum atomic E-state index is -4.37. The number of nitrogens with two attached hydrogens (primary N) is 1. The fourth-order valence-electron chi connectivity index (χ4n) is 6.03. The summed E-state index contributed by atoms with van der Waals surface area (Å²) in [5, 5.41) is 4.68. The highest BCUT2D eigenvalue weighted by molar-refractivity contribution is 5.52. The van der Waals surface area contributed by atoms with Gasteiger partial charge in [-0.1, -0.05) is 48.9 Å². The first kappa shape index (κ1) is 27.2. The predicted octanol–water partition coefficient (Wildman–Crippen LogP) is 6.52. The van der Waals surface area contributed by atoms with Crippen LogP contribution in [0.1, 0.15) is 57.3 Å². The van der Waals surface area contributed by atoms with Crippen molar-refractivity contribution in [3.8, 4) is 17.4 Å².